The van der Waals surface area contributed by atoms with Gasteiger partial charge in [-0.25, -0.2) is 15.0 Å². The summed E-state index contributed by atoms with van der Waals surface area (Å²) in [6, 6.07) is 7.48. The van der Waals surface area contributed by atoms with E-state index in [0.717, 1.165) is 28.4 Å². The van der Waals surface area contributed by atoms with Gasteiger partial charge in [-0.2, -0.15) is 0 Å². The van der Waals surface area contributed by atoms with Gasteiger partial charge in [-0.15, -0.1) is 22.7 Å². The average Bonchev–Trinajstić information content (AvgIpc) is 3.49. The standard InChI is InChI=1S/C22H20N4O2S3/c1-13(27)26(16-7-3-4-8-17(16)28-2)22-25-14(11-30-22)10-29-20-19-15-6-5-9-18(15)31-21(19)24-12-23-20/h3-4,7-8,11-12H,5-6,9-10H2,1-2H3. The molecule has 0 atom stereocenters. The van der Waals surface area contributed by atoms with Crippen LogP contribution in [0.15, 0.2) is 41.0 Å². The number of methoxy groups -OCH3 is 1. The molecule has 3 heterocycles. The van der Waals surface area contributed by atoms with Crippen LogP contribution < -0.4 is 9.64 Å². The molecular weight excluding hydrogens is 448 g/mol. The molecule has 0 bridgehead atoms. The van der Waals surface area contributed by atoms with Gasteiger partial charge in [-0.05, 0) is 37.0 Å². The number of aryl methyl sites for hydroxylation is 2. The van der Waals surface area contributed by atoms with Crippen LogP contribution in [-0.4, -0.2) is 28.0 Å². The molecule has 31 heavy (non-hydrogen) atoms. The first-order valence-electron chi connectivity index (χ1n) is 9.92. The Labute approximate surface area is 192 Å². The number of carbonyl (C=O) groups is 1. The summed E-state index contributed by atoms with van der Waals surface area (Å²) in [6.45, 7) is 1.54. The van der Waals surface area contributed by atoms with E-state index in [4.69, 9.17) is 9.72 Å². The van der Waals surface area contributed by atoms with Crippen molar-refractivity contribution >= 4 is 61.4 Å². The normalized spacial score (nSPS) is 12.8. The van der Waals surface area contributed by atoms with Gasteiger partial charge in [0.05, 0.1) is 18.5 Å². The molecule has 158 valence electrons. The zero-order valence-electron chi connectivity index (χ0n) is 17.1. The van der Waals surface area contributed by atoms with Crippen LogP contribution in [0.2, 0.25) is 0 Å². The third-order valence-corrected chi connectivity index (χ3v) is 8.29. The molecule has 1 aliphatic carbocycles. The topological polar surface area (TPSA) is 68.2 Å². The summed E-state index contributed by atoms with van der Waals surface area (Å²) < 4.78 is 5.45. The first kappa shape index (κ1) is 20.4. The summed E-state index contributed by atoms with van der Waals surface area (Å²) in [5.74, 6) is 1.22. The van der Waals surface area contributed by atoms with Crippen LogP contribution in [0, 0.1) is 0 Å². The highest BCUT2D eigenvalue weighted by Crippen LogP contribution is 2.41. The molecule has 6 nitrogen and oxygen atoms in total. The summed E-state index contributed by atoms with van der Waals surface area (Å²) in [5.41, 5.74) is 3.04. The maximum Gasteiger partial charge on any atom is 0.230 e. The van der Waals surface area contributed by atoms with Crippen molar-refractivity contribution in [3.05, 3.63) is 52.1 Å². The number of thioether (sulfide) groups is 1. The molecule has 1 aliphatic rings. The van der Waals surface area contributed by atoms with Crippen LogP contribution in [-0.2, 0) is 23.4 Å². The van der Waals surface area contributed by atoms with Crippen molar-refractivity contribution in [2.75, 3.05) is 12.0 Å². The lowest BCUT2D eigenvalue weighted by Gasteiger charge is -2.20. The molecule has 0 fully saturated rings. The molecule has 0 saturated heterocycles. The lowest BCUT2D eigenvalue weighted by atomic mass is 10.2. The van der Waals surface area contributed by atoms with E-state index in [1.165, 1.54) is 40.5 Å². The second-order valence-electron chi connectivity index (χ2n) is 7.15. The lowest BCUT2D eigenvalue weighted by Crippen LogP contribution is -2.23. The fraction of sp³-hybridized carbons (Fsp3) is 0.273. The minimum atomic E-state index is -0.107. The predicted octanol–water partition coefficient (Wildman–Crippen LogP) is 5.62. The first-order valence-corrected chi connectivity index (χ1v) is 12.6. The molecule has 0 saturated carbocycles. The van der Waals surface area contributed by atoms with Gasteiger partial charge in [0.1, 0.15) is 21.9 Å². The molecule has 5 rings (SSSR count). The number of nitrogens with zero attached hydrogens (tertiary/aromatic N) is 4. The Morgan fingerprint density at radius 3 is 2.97 bits per heavy atom. The van der Waals surface area contributed by atoms with E-state index in [1.54, 1.807) is 41.4 Å². The largest absolute Gasteiger partial charge is 0.495 e. The molecular formula is C22H20N4O2S3. The predicted molar refractivity (Wildman–Crippen MR) is 127 cm³/mol. The van der Waals surface area contributed by atoms with Crippen LogP contribution in [0.5, 0.6) is 5.75 Å². The second kappa shape index (κ2) is 8.57. The molecule has 0 unspecified atom stereocenters. The Morgan fingerprint density at radius 2 is 2.13 bits per heavy atom. The Kier molecular flexibility index (Phi) is 5.64. The van der Waals surface area contributed by atoms with Gasteiger partial charge in [-0.3, -0.25) is 9.69 Å². The summed E-state index contributed by atoms with van der Waals surface area (Å²) in [7, 11) is 1.60. The molecule has 3 aromatic heterocycles. The molecule has 4 aromatic rings. The van der Waals surface area contributed by atoms with E-state index >= 15 is 0 Å². The Morgan fingerprint density at radius 1 is 1.26 bits per heavy atom. The van der Waals surface area contributed by atoms with Crippen molar-refractivity contribution in [3.8, 4) is 5.75 Å². The minimum absolute atomic E-state index is 0.107. The number of carbonyl (C=O) groups excluding carboxylic acids is 1. The fourth-order valence-electron chi connectivity index (χ4n) is 3.84. The summed E-state index contributed by atoms with van der Waals surface area (Å²) in [6.07, 6.45) is 5.14. The Bertz CT molecular complexity index is 1270. The number of para-hydroxylation sites is 2. The quantitative estimate of drug-likeness (QED) is 0.270. The Balaban J connectivity index is 1.40. The number of hydrogen-bond acceptors (Lipinski definition) is 8. The van der Waals surface area contributed by atoms with E-state index < -0.39 is 0 Å². The monoisotopic (exact) mass is 468 g/mol. The number of hydrogen-bond donors (Lipinski definition) is 0. The fourth-order valence-corrected chi connectivity index (χ4v) is 7.04. The highest BCUT2D eigenvalue weighted by atomic mass is 32.2. The van der Waals surface area contributed by atoms with Gasteiger partial charge >= 0.3 is 0 Å². The van der Waals surface area contributed by atoms with Gasteiger partial charge < -0.3 is 4.74 Å². The lowest BCUT2D eigenvalue weighted by molar-refractivity contribution is -0.115. The highest BCUT2D eigenvalue weighted by molar-refractivity contribution is 7.98. The van der Waals surface area contributed by atoms with Gasteiger partial charge in [-0.1, -0.05) is 23.9 Å². The van der Waals surface area contributed by atoms with Crippen molar-refractivity contribution < 1.29 is 9.53 Å². The van der Waals surface area contributed by atoms with Gasteiger partial charge in [0, 0.05) is 28.3 Å². The number of amides is 1. The average molecular weight is 469 g/mol. The number of anilines is 2. The smallest absolute Gasteiger partial charge is 0.230 e. The zero-order chi connectivity index (χ0) is 21.4. The number of thiophene rings is 1. The minimum Gasteiger partial charge on any atom is -0.495 e. The second-order valence-corrected chi connectivity index (χ2v) is 10.0. The summed E-state index contributed by atoms with van der Waals surface area (Å²) >= 11 is 4.94. The van der Waals surface area contributed by atoms with E-state index in [1.807, 2.05) is 29.6 Å². The summed E-state index contributed by atoms with van der Waals surface area (Å²) in [5, 5.41) is 4.88. The van der Waals surface area contributed by atoms with Crippen molar-refractivity contribution in [2.24, 2.45) is 0 Å². The number of rotatable bonds is 6. The third-order valence-electron chi connectivity index (χ3n) is 5.20. The van der Waals surface area contributed by atoms with E-state index in [9.17, 15) is 4.79 Å². The van der Waals surface area contributed by atoms with E-state index in [0.29, 0.717) is 22.3 Å². The van der Waals surface area contributed by atoms with Crippen LogP contribution in [0.4, 0.5) is 10.8 Å². The molecule has 0 radical (unpaired) electrons. The molecule has 1 aromatic carbocycles. The van der Waals surface area contributed by atoms with Crippen LogP contribution in [0.1, 0.15) is 29.5 Å². The van der Waals surface area contributed by atoms with Crippen molar-refractivity contribution in [1.82, 2.24) is 15.0 Å². The number of thiazole rings is 1. The molecule has 0 N–H and O–H groups in total. The number of aromatic nitrogens is 3. The van der Waals surface area contributed by atoms with Crippen LogP contribution in [0.25, 0.3) is 10.2 Å². The van der Waals surface area contributed by atoms with Crippen molar-refractivity contribution in [2.45, 2.75) is 37.0 Å². The van der Waals surface area contributed by atoms with Crippen molar-refractivity contribution in [3.63, 3.8) is 0 Å². The molecule has 0 aliphatic heterocycles. The maximum atomic E-state index is 12.4. The number of ether oxygens (including phenoxy) is 1. The van der Waals surface area contributed by atoms with E-state index in [-0.39, 0.29) is 5.91 Å². The highest BCUT2D eigenvalue weighted by Gasteiger charge is 2.23. The molecule has 9 heteroatoms. The first-order chi connectivity index (χ1) is 15.2. The SMILES string of the molecule is COc1ccccc1N(C(C)=O)c1nc(CSc2ncnc3sc4c(c23)CCC4)cs1. The molecule has 1 amide bonds. The van der Waals surface area contributed by atoms with Gasteiger partial charge in [0.2, 0.25) is 5.91 Å². The zero-order valence-corrected chi connectivity index (χ0v) is 19.6. The van der Waals surface area contributed by atoms with Gasteiger partial charge in [0.25, 0.3) is 0 Å². The third kappa shape index (κ3) is 3.81. The van der Waals surface area contributed by atoms with Gasteiger partial charge in [0.15, 0.2) is 5.13 Å². The number of fused-ring (bicyclic) bond motifs is 3. The number of benzene rings is 1. The van der Waals surface area contributed by atoms with Crippen LogP contribution >= 0.6 is 34.4 Å². The van der Waals surface area contributed by atoms with Crippen LogP contribution in [0.3, 0.4) is 0 Å². The maximum absolute atomic E-state index is 12.4. The van der Waals surface area contributed by atoms with Crippen molar-refractivity contribution in [1.29, 1.82) is 0 Å². The summed E-state index contributed by atoms with van der Waals surface area (Å²) in [4.78, 5) is 30.4. The van der Waals surface area contributed by atoms with E-state index in [2.05, 4.69) is 9.97 Å². The Hall–Kier alpha value is -2.49. The molecule has 0 spiro atoms.